The van der Waals surface area contributed by atoms with E-state index in [4.69, 9.17) is 25.8 Å². The number of ether oxygens (including phenoxy) is 3. The molecule has 2 aromatic heterocycles. The molecule has 0 unspecified atom stereocenters. The van der Waals surface area contributed by atoms with E-state index in [0.29, 0.717) is 17.6 Å². The molecule has 1 aliphatic carbocycles. The average molecular weight is 467 g/mol. The molecule has 10 nitrogen and oxygen atoms in total. The number of fused-ring (bicyclic) bond motifs is 1. The molecule has 0 radical (unpaired) electrons. The van der Waals surface area contributed by atoms with E-state index in [0.717, 1.165) is 12.8 Å². The maximum atomic E-state index is 12.1. The van der Waals surface area contributed by atoms with Crippen LogP contribution < -0.4 is 0 Å². The van der Waals surface area contributed by atoms with Gasteiger partial charge in [-0.2, -0.15) is 0 Å². The lowest BCUT2D eigenvalue weighted by Crippen LogP contribution is -2.58. The molecule has 0 aromatic carbocycles. The van der Waals surface area contributed by atoms with Crippen molar-refractivity contribution >= 4 is 40.7 Å². The number of aromatic nitrogens is 4. The molecule has 4 atom stereocenters. The van der Waals surface area contributed by atoms with Gasteiger partial charge in [-0.3, -0.25) is 14.4 Å². The lowest BCUT2D eigenvalue weighted by atomic mass is 9.55. The number of imidazole rings is 1. The molecule has 32 heavy (non-hydrogen) atoms. The van der Waals surface area contributed by atoms with Gasteiger partial charge in [0, 0.05) is 32.1 Å². The number of carbonyl (C=O) groups is 3. The minimum Gasteiger partial charge on any atom is -0.466 e. The highest BCUT2D eigenvalue weighted by atomic mass is 35.5. The third-order valence-electron chi connectivity index (χ3n) is 6.17. The highest BCUT2D eigenvalue weighted by Gasteiger charge is 2.56. The van der Waals surface area contributed by atoms with Gasteiger partial charge in [0.15, 0.2) is 16.9 Å². The molecule has 11 heteroatoms. The van der Waals surface area contributed by atoms with Crippen molar-refractivity contribution in [3.63, 3.8) is 0 Å². The van der Waals surface area contributed by atoms with Crippen LogP contribution in [0.3, 0.4) is 0 Å². The Morgan fingerprint density at radius 3 is 2.44 bits per heavy atom. The molecule has 1 fully saturated rings. The van der Waals surface area contributed by atoms with Crippen molar-refractivity contribution in [3.05, 3.63) is 17.8 Å². The van der Waals surface area contributed by atoms with Crippen LogP contribution >= 0.6 is 11.6 Å². The fraction of sp³-hybridized carbons (Fsp3) is 0.619. The molecular formula is C21H27ClN4O6. The summed E-state index contributed by atoms with van der Waals surface area (Å²) in [6.07, 6.45) is 3.48. The first-order valence-corrected chi connectivity index (χ1v) is 10.8. The lowest BCUT2D eigenvalue weighted by molar-refractivity contribution is -0.203. The average Bonchev–Trinajstić information content (AvgIpc) is 3.10. The zero-order valence-corrected chi connectivity index (χ0v) is 19.3. The molecule has 2 heterocycles. The normalized spacial score (nSPS) is 22.0. The van der Waals surface area contributed by atoms with E-state index in [9.17, 15) is 14.4 Å². The first kappa shape index (κ1) is 23.9. The molecule has 0 bridgehead atoms. The van der Waals surface area contributed by atoms with E-state index in [2.05, 4.69) is 15.0 Å². The van der Waals surface area contributed by atoms with Crippen molar-refractivity contribution < 1.29 is 28.6 Å². The fourth-order valence-electron chi connectivity index (χ4n) is 4.56. The predicted octanol–water partition coefficient (Wildman–Crippen LogP) is 2.71. The number of hydrogen-bond acceptors (Lipinski definition) is 9. The summed E-state index contributed by atoms with van der Waals surface area (Å²) < 4.78 is 18.4. The summed E-state index contributed by atoms with van der Waals surface area (Å²) in [5.41, 5.74) is 0.380. The fourth-order valence-corrected chi connectivity index (χ4v) is 4.73. The Morgan fingerprint density at radius 1 is 1.16 bits per heavy atom. The molecular weight excluding hydrogens is 440 g/mol. The van der Waals surface area contributed by atoms with E-state index in [1.54, 1.807) is 4.57 Å². The van der Waals surface area contributed by atoms with Gasteiger partial charge in [-0.25, -0.2) is 15.0 Å². The van der Waals surface area contributed by atoms with Crippen LogP contribution in [-0.2, 0) is 35.1 Å². The predicted molar refractivity (Wildman–Crippen MR) is 114 cm³/mol. The summed E-state index contributed by atoms with van der Waals surface area (Å²) >= 11 is 6.11. The number of hydrogen-bond donors (Lipinski definition) is 0. The number of esters is 3. The van der Waals surface area contributed by atoms with Crippen LogP contribution in [0.4, 0.5) is 0 Å². The summed E-state index contributed by atoms with van der Waals surface area (Å²) in [5.74, 6) is -1.40. The highest BCUT2D eigenvalue weighted by molar-refractivity contribution is 6.33. The smallest absolute Gasteiger partial charge is 0.303 e. The van der Waals surface area contributed by atoms with Gasteiger partial charge in [0.25, 0.3) is 0 Å². The SMILES string of the molecule is CC[C@]1([C@H](OC(C)=O)[C@@H](Cn2cnc3c(Cl)ncnc32)OC(C)=O)CC[C@H]1COC(C)=O. The third kappa shape index (κ3) is 4.85. The van der Waals surface area contributed by atoms with E-state index < -0.39 is 29.6 Å². The molecule has 0 aliphatic heterocycles. The maximum absolute atomic E-state index is 12.1. The molecule has 1 aliphatic rings. The molecule has 1 saturated carbocycles. The van der Waals surface area contributed by atoms with Gasteiger partial charge in [-0.05, 0) is 19.3 Å². The van der Waals surface area contributed by atoms with Crippen molar-refractivity contribution in [2.24, 2.45) is 11.3 Å². The topological polar surface area (TPSA) is 123 Å². The summed E-state index contributed by atoms with van der Waals surface area (Å²) in [6, 6.07) is 0. The quantitative estimate of drug-likeness (QED) is 0.311. The van der Waals surface area contributed by atoms with E-state index in [1.165, 1.54) is 33.4 Å². The number of rotatable bonds is 9. The van der Waals surface area contributed by atoms with Gasteiger partial charge in [0.1, 0.15) is 17.9 Å². The van der Waals surface area contributed by atoms with Crippen molar-refractivity contribution in [3.8, 4) is 0 Å². The molecule has 2 aromatic rings. The minimum absolute atomic E-state index is 0.0323. The first-order chi connectivity index (χ1) is 15.2. The van der Waals surface area contributed by atoms with Gasteiger partial charge < -0.3 is 18.8 Å². The number of carbonyl (C=O) groups excluding carboxylic acids is 3. The Balaban J connectivity index is 1.98. The van der Waals surface area contributed by atoms with Crippen molar-refractivity contribution in [1.82, 2.24) is 19.5 Å². The second kappa shape index (κ2) is 9.81. The van der Waals surface area contributed by atoms with E-state index in [-0.39, 0.29) is 30.2 Å². The Labute approximate surface area is 190 Å². The maximum Gasteiger partial charge on any atom is 0.303 e. The van der Waals surface area contributed by atoms with E-state index in [1.807, 2.05) is 6.92 Å². The largest absolute Gasteiger partial charge is 0.466 e. The van der Waals surface area contributed by atoms with Crippen molar-refractivity contribution in [2.75, 3.05) is 6.61 Å². The summed E-state index contributed by atoms with van der Waals surface area (Å²) in [4.78, 5) is 47.9. The van der Waals surface area contributed by atoms with Crippen LogP contribution in [-0.4, -0.2) is 56.2 Å². The van der Waals surface area contributed by atoms with Crippen LogP contribution in [0.25, 0.3) is 11.2 Å². The first-order valence-electron chi connectivity index (χ1n) is 10.5. The zero-order chi connectivity index (χ0) is 23.5. The second-order valence-electron chi connectivity index (χ2n) is 8.04. The zero-order valence-electron chi connectivity index (χ0n) is 18.5. The molecule has 3 rings (SSSR count). The molecule has 0 N–H and O–H groups in total. The summed E-state index contributed by atoms with van der Waals surface area (Å²) in [5, 5.41) is 0.208. The van der Waals surface area contributed by atoms with E-state index >= 15 is 0 Å². The third-order valence-corrected chi connectivity index (χ3v) is 6.44. The van der Waals surface area contributed by atoms with Gasteiger partial charge in [-0.15, -0.1) is 0 Å². The highest BCUT2D eigenvalue weighted by Crippen LogP contribution is 2.54. The standard InChI is InChI=1S/C21H27ClN4O6/c1-5-21(7-6-15(21)9-30-12(2)27)18(32-14(4)29)16(31-13(3)28)8-26-11-25-17-19(22)23-10-24-20(17)26/h10-11,15-16,18H,5-9H2,1-4H3/t15-,16+,18+,21-/m0/s1. The summed E-state index contributed by atoms with van der Waals surface area (Å²) in [6.45, 7) is 6.32. The Kier molecular flexibility index (Phi) is 7.33. The van der Waals surface area contributed by atoms with Crippen molar-refractivity contribution in [1.29, 1.82) is 0 Å². The van der Waals surface area contributed by atoms with Crippen LogP contribution in [0.15, 0.2) is 12.7 Å². The molecule has 0 amide bonds. The minimum atomic E-state index is -0.817. The molecule has 174 valence electrons. The Morgan fingerprint density at radius 2 is 1.88 bits per heavy atom. The monoisotopic (exact) mass is 466 g/mol. The van der Waals surface area contributed by atoms with Gasteiger partial charge in [0.2, 0.25) is 0 Å². The molecule has 0 saturated heterocycles. The van der Waals surface area contributed by atoms with Gasteiger partial charge >= 0.3 is 17.9 Å². The van der Waals surface area contributed by atoms with Gasteiger partial charge in [0.05, 0.1) is 19.5 Å². The van der Waals surface area contributed by atoms with Crippen molar-refractivity contribution in [2.45, 2.75) is 65.7 Å². The Bertz CT molecular complexity index is 1010. The van der Waals surface area contributed by atoms with Gasteiger partial charge in [-0.1, -0.05) is 18.5 Å². The molecule has 0 spiro atoms. The second-order valence-corrected chi connectivity index (χ2v) is 8.39. The van der Waals surface area contributed by atoms with Crippen LogP contribution in [0.2, 0.25) is 5.15 Å². The van der Waals surface area contributed by atoms with Crippen LogP contribution in [0.5, 0.6) is 0 Å². The number of nitrogens with zero attached hydrogens (tertiary/aromatic N) is 4. The summed E-state index contributed by atoms with van der Waals surface area (Å²) in [7, 11) is 0. The van der Waals surface area contributed by atoms with Crippen LogP contribution in [0, 0.1) is 11.3 Å². The number of halogens is 1. The Hall–Kier alpha value is -2.75. The van der Waals surface area contributed by atoms with Crippen LogP contribution in [0.1, 0.15) is 47.0 Å². The lowest BCUT2D eigenvalue weighted by Gasteiger charge is -2.54.